The summed E-state index contributed by atoms with van der Waals surface area (Å²) in [6.07, 6.45) is 6.86. The highest BCUT2D eigenvalue weighted by Crippen LogP contribution is 2.37. The number of rotatable bonds is 7. The molecule has 8 nitrogen and oxygen atoms in total. The third-order valence-corrected chi connectivity index (χ3v) is 7.02. The van der Waals surface area contributed by atoms with Crippen LogP contribution in [0, 0.1) is 0 Å². The molecule has 2 heterocycles. The predicted octanol–water partition coefficient (Wildman–Crippen LogP) is 5.69. The fraction of sp³-hybridized carbons (Fsp3) is 0.385. The van der Waals surface area contributed by atoms with Crippen LogP contribution in [0.15, 0.2) is 54.9 Å². The normalized spacial score (nSPS) is 17.6. The first-order chi connectivity index (χ1) is 17.0. The van der Waals surface area contributed by atoms with Gasteiger partial charge in [-0.05, 0) is 57.2 Å². The molecule has 0 unspecified atom stereocenters. The number of hydrogen-bond donors (Lipinski definition) is 3. The van der Waals surface area contributed by atoms with Gasteiger partial charge in [-0.2, -0.15) is 0 Å². The average Bonchev–Trinajstić information content (AvgIpc) is 3.34. The molecule has 1 saturated carbocycles. The lowest BCUT2D eigenvalue weighted by molar-refractivity contribution is 0.109. The maximum absolute atomic E-state index is 12.2. The zero-order chi connectivity index (χ0) is 24.6. The van der Waals surface area contributed by atoms with E-state index >= 15 is 0 Å². The summed E-state index contributed by atoms with van der Waals surface area (Å²) >= 11 is 1.66. The number of carbonyl (C=O) groups is 2. The van der Waals surface area contributed by atoms with Crippen LogP contribution < -0.4 is 16.0 Å². The van der Waals surface area contributed by atoms with Crippen LogP contribution >= 0.6 is 11.3 Å². The quantitative estimate of drug-likeness (QED) is 0.392. The van der Waals surface area contributed by atoms with Gasteiger partial charge in [-0.3, -0.25) is 4.98 Å². The van der Waals surface area contributed by atoms with Crippen molar-refractivity contribution in [3.63, 3.8) is 0 Å². The monoisotopic (exact) mass is 493 g/mol. The fourth-order valence-corrected chi connectivity index (χ4v) is 5.13. The van der Waals surface area contributed by atoms with Crippen LogP contribution in [-0.4, -0.2) is 34.2 Å². The standard InChI is InChI=1S/C26H31N5O3S/c1-17(2)34-26(33)31-20-10-8-19(9-11-20)24-28-16-23(35-24)22-13-12-21(15-27-22)30-25(32)29-14-18-6-4-3-5-7-18/h3-7,12-13,15-17,19-20H,8-11,14H2,1-2H3,(H,31,33)(H2,29,30,32). The highest BCUT2D eigenvalue weighted by atomic mass is 32.1. The van der Waals surface area contributed by atoms with E-state index in [1.54, 1.807) is 17.5 Å². The van der Waals surface area contributed by atoms with Crippen molar-refractivity contribution in [2.24, 2.45) is 0 Å². The summed E-state index contributed by atoms with van der Waals surface area (Å²) in [7, 11) is 0. The first kappa shape index (κ1) is 24.7. The minimum Gasteiger partial charge on any atom is -0.447 e. The third kappa shape index (κ3) is 7.26. The second-order valence-electron chi connectivity index (χ2n) is 8.94. The molecule has 0 atom stereocenters. The topological polar surface area (TPSA) is 105 Å². The molecule has 1 fully saturated rings. The predicted molar refractivity (Wildman–Crippen MR) is 137 cm³/mol. The van der Waals surface area contributed by atoms with Crippen LogP contribution in [0.1, 0.15) is 56.0 Å². The van der Waals surface area contributed by atoms with E-state index in [0.717, 1.165) is 46.8 Å². The largest absolute Gasteiger partial charge is 0.447 e. The number of aromatic nitrogens is 2. The maximum atomic E-state index is 12.2. The van der Waals surface area contributed by atoms with Gasteiger partial charge in [0, 0.05) is 24.7 Å². The molecular weight excluding hydrogens is 462 g/mol. The Morgan fingerprint density at radius 2 is 1.80 bits per heavy atom. The number of hydrogen-bond acceptors (Lipinski definition) is 6. The SMILES string of the molecule is CC(C)OC(=O)NC1CCC(c2ncc(-c3ccc(NC(=O)NCc4ccccc4)cn3)s2)CC1. The molecule has 35 heavy (non-hydrogen) atoms. The van der Waals surface area contributed by atoms with E-state index in [1.165, 1.54) is 0 Å². The Balaban J connectivity index is 1.26. The van der Waals surface area contributed by atoms with Gasteiger partial charge < -0.3 is 20.7 Å². The Labute approximate surface area is 209 Å². The summed E-state index contributed by atoms with van der Waals surface area (Å²) in [5.41, 5.74) is 2.50. The molecule has 3 N–H and O–H groups in total. The summed E-state index contributed by atoms with van der Waals surface area (Å²) in [6, 6.07) is 13.4. The van der Waals surface area contributed by atoms with Gasteiger partial charge in [0.1, 0.15) is 0 Å². The molecular formula is C26H31N5O3S. The zero-order valence-electron chi connectivity index (χ0n) is 20.0. The highest BCUT2D eigenvalue weighted by molar-refractivity contribution is 7.15. The van der Waals surface area contributed by atoms with E-state index in [9.17, 15) is 9.59 Å². The summed E-state index contributed by atoms with van der Waals surface area (Å²) in [5.74, 6) is 0.391. The Hall–Kier alpha value is -3.46. The smallest absolute Gasteiger partial charge is 0.407 e. The van der Waals surface area contributed by atoms with Crippen molar-refractivity contribution in [1.29, 1.82) is 0 Å². The lowest BCUT2D eigenvalue weighted by Gasteiger charge is -2.28. The second kappa shape index (κ2) is 11.8. The van der Waals surface area contributed by atoms with Crippen LogP contribution in [0.25, 0.3) is 10.6 Å². The second-order valence-corrected chi connectivity index (χ2v) is 10.00. The molecule has 0 aliphatic heterocycles. The molecule has 0 saturated heterocycles. The minimum atomic E-state index is -0.335. The van der Waals surface area contributed by atoms with Crippen molar-refractivity contribution in [2.75, 3.05) is 5.32 Å². The van der Waals surface area contributed by atoms with Crippen molar-refractivity contribution in [2.45, 2.75) is 64.1 Å². The molecule has 3 amide bonds. The van der Waals surface area contributed by atoms with Crippen LogP contribution in [0.4, 0.5) is 15.3 Å². The Morgan fingerprint density at radius 3 is 2.49 bits per heavy atom. The maximum Gasteiger partial charge on any atom is 0.407 e. The van der Waals surface area contributed by atoms with E-state index in [4.69, 9.17) is 4.74 Å². The van der Waals surface area contributed by atoms with Gasteiger partial charge in [-0.25, -0.2) is 14.6 Å². The minimum absolute atomic E-state index is 0.115. The van der Waals surface area contributed by atoms with Gasteiger partial charge in [-0.1, -0.05) is 30.3 Å². The lowest BCUT2D eigenvalue weighted by atomic mass is 9.86. The summed E-state index contributed by atoms with van der Waals surface area (Å²) in [5, 5.41) is 9.72. The molecule has 1 aliphatic carbocycles. The molecule has 3 aromatic rings. The number of alkyl carbamates (subject to hydrolysis) is 1. The van der Waals surface area contributed by atoms with Crippen LogP contribution in [0.2, 0.25) is 0 Å². The van der Waals surface area contributed by atoms with E-state index in [-0.39, 0.29) is 24.3 Å². The van der Waals surface area contributed by atoms with Crippen LogP contribution in [0.5, 0.6) is 0 Å². The van der Waals surface area contributed by atoms with Crippen molar-refractivity contribution < 1.29 is 14.3 Å². The number of anilines is 1. The number of carbonyl (C=O) groups excluding carboxylic acids is 2. The van der Waals surface area contributed by atoms with Crippen molar-refractivity contribution in [1.82, 2.24) is 20.6 Å². The molecule has 1 aromatic carbocycles. The van der Waals surface area contributed by atoms with E-state index < -0.39 is 0 Å². The number of ether oxygens (including phenoxy) is 1. The van der Waals surface area contributed by atoms with Crippen molar-refractivity contribution in [3.05, 3.63) is 65.4 Å². The number of benzene rings is 1. The number of nitrogens with zero attached hydrogens (tertiary/aromatic N) is 2. The van der Waals surface area contributed by atoms with Gasteiger partial charge >= 0.3 is 12.1 Å². The van der Waals surface area contributed by atoms with Gasteiger partial charge in [0.15, 0.2) is 0 Å². The molecule has 9 heteroatoms. The molecule has 0 radical (unpaired) electrons. The summed E-state index contributed by atoms with van der Waals surface area (Å²) < 4.78 is 5.18. The Bertz CT molecular complexity index is 1110. The lowest BCUT2D eigenvalue weighted by Crippen LogP contribution is -2.38. The number of amides is 3. The average molecular weight is 494 g/mol. The van der Waals surface area contributed by atoms with Gasteiger partial charge in [0.25, 0.3) is 0 Å². The van der Waals surface area contributed by atoms with E-state index in [0.29, 0.717) is 18.2 Å². The van der Waals surface area contributed by atoms with Crippen LogP contribution in [0.3, 0.4) is 0 Å². The number of urea groups is 1. The van der Waals surface area contributed by atoms with Crippen molar-refractivity contribution >= 4 is 29.1 Å². The van der Waals surface area contributed by atoms with Gasteiger partial charge in [-0.15, -0.1) is 11.3 Å². The first-order valence-corrected chi connectivity index (χ1v) is 12.8. The first-order valence-electron chi connectivity index (χ1n) is 11.9. The molecule has 4 rings (SSSR count). The summed E-state index contributed by atoms with van der Waals surface area (Å²) in [6.45, 7) is 4.15. The fourth-order valence-electron chi connectivity index (χ4n) is 4.06. The van der Waals surface area contributed by atoms with Gasteiger partial charge in [0.2, 0.25) is 0 Å². The van der Waals surface area contributed by atoms with Crippen molar-refractivity contribution in [3.8, 4) is 10.6 Å². The molecule has 2 aromatic heterocycles. The number of nitrogens with one attached hydrogen (secondary N) is 3. The molecule has 1 aliphatic rings. The van der Waals surface area contributed by atoms with Crippen LogP contribution in [-0.2, 0) is 11.3 Å². The van der Waals surface area contributed by atoms with Gasteiger partial charge in [0.05, 0.1) is 33.6 Å². The highest BCUT2D eigenvalue weighted by Gasteiger charge is 2.26. The number of thiazole rings is 1. The van der Waals surface area contributed by atoms with E-state index in [2.05, 4.69) is 25.9 Å². The Kier molecular flexibility index (Phi) is 8.31. The number of pyridine rings is 1. The summed E-state index contributed by atoms with van der Waals surface area (Å²) in [4.78, 5) is 34.2. The Morgan fingerprint density at radius 1 is 1.03 bits per heavy atom. The zero-order valence-corrected chi connectivity index (χ0v) is 20.8. The third-order valence-electron chi connectivity index (χ3n) is 5.83. The van der Waals surface area contributed by atoms with E-state index in [1.807, 2.05) is 62.5 Å². The molecule has 0 bridgehead atoms. The molecule has 184 valence electrons. The molecule has 0 spiro atoms.